The van der Waals surface area contributed by atoms with Crippen LogP contribution in [0.15, 0.2) is 23.1 Å². The molecule has 0 aliphatic carbocycles. The smallest absolute Gasteiger partial charge is 0.244 e. The zero-order chi connectivity index (χ0) is 18.1. The molecule has 0 aliphatic heterocycles. The minimum Gasteiger partial charge on any atom is -0.495 e. The van der Waals surface area contributed by atoms with Crippen LogP contribution in [0, 0.1) is 27.7 Å². The Bertz CT molecular complexity index is 852. The van der Waals surface area contributed by atoms with Gasteiger partial charge in [0.05, 0.1) is 7.11 Å². The molecule has 0 amide bonds. The van der Waals surface area contributed by atoms with E-state index in [-0.39, 0.29) is 4.90 Å². The molecule has 2 aromatic rings. The van der Waals surface area contributed by atoms with Crippen molar-refractivity contribution in [2.24, 2.45) is 7.05 Å². The first-order chi connectivity index (χ1) is 11.2. The van der Waals surface area contributed by atoms with Gasteiger partial charge >= 0.3 is 0 Å². The lowest BCUT2D eigenvalue weighted by molar-refractivity contribution is 0.402. The summed E-state index contributed by atoms with van der Waals surface area (Å²) in [6.45, 7) is 8.26. The van der Waals surface area contributed by atoms with Crippen molar-refractivity contribution < 1.29 is 13.2 Å². The zero-order valence-corrected chi connectivity index (χ0v) is 16.0. The summed E-state index contributed by atoms with van der Waals surface area (Å²) in [4.78, 5) is 0.189. The van der Waals surface area contributed by atoms with E-state index in [1.165, 1.54) is 12.8 Å². The third-order valence-electron chi connectivity index (χ3n) is 4.64. The van der Waals surface area contributed by atoms with Gasteiger partial charge in [0, 0.05) is 25.0 Å². The number of sulfonamides is 1. The Labute approximate surface area is 144 Å². The molecule has 0 fully saturated rings. The van der Waals surface area contributed by atoms with Crippen molar-refractivity contribution in [1.29, 1.82) is 0 Å². The summed E-state index contributed by atoms with van der Waals surface area (Å²) in [6.07, 6.45) is 0.653. The summed E-state index contributed by atoms with van der Waals surface area (Å²) >= 11 is 0. The van der Waals surface area contributed by atoms with Gasteiger partial charge in [0.1, 0.15) is 10.6 Å². The van der Waals surface area contributed by atoms with E-state index in [1.54, 1.807) is 12.1 Å². The van der Waals surface area contributed by atoms with Gasteiger partial charge in [-0.2, -0.15) is 0 Å². The summed E-state index contributed by atoms with van der Waals surface area (Å²) in [5.41, 5.74) is 5.41. The molecule has 0 bridgehead atoms. The average Bonchev–Trinajstić information content (AvgIpc) is 2.76. The second-order valence-corrected chi connectivity index (χ2v) is 7.93. The lowest BCUT2D eigenvalue weighted by Gasteiger charge is -2.13. The Kier molecular flexibility index (Phi) is 5.40. The molecular formula is C18H26N2O3S. The Morgan fingerprint density at radius 1 is 1.08 bits per heavy atom. The first kappa shape index (κ1) is 18.5. The van der Waals surface area contributed by atoms with Crippen molar-refractivity contribution in [2.45, 2.75) is 39.0 Å². The Morgan fingerprint density at radius 3 is 2.25 bits per heavy atom. The molecule has 5 nitrogen and oxygen atoms in total. The predicted octanol–water partition coefficient (Wildman–Crippen LogP) is 2.79. The topological polar surface area (TPSA) is 60.3 Å². The van der Waals surface area contributed by atoms with Gasteiger partial charge in [-0.05, 0) is 69.0 Å². The fourth-order valence-corrected chi connectivity index (χ4v) is 3.98. The van der Waals surface area contributed by atoms with Gasteiger partial charge in [0.25, 0.3) is 0 Å². The molecule has 132 valence electrons. The lowest BCUT2D eigenvalue weighted by atomic mass is 10.1. The molecule has 0 radical (unpaired) electrons. The van der Waals surface area contributed by atoms with Crippen molar-refractivity contribution in [3.8, 4) is 5.75 Å². The zero-order valence-electron chi connectivity index (χ0n) is 15.2. The highest BCUT2D eigenvalue weighted by Crippen LogP contribution is 2.27. The largest absolute Gasteiger partial charge is 0.495 e. The van der Waals surface area contributed by atoms with Crippen molar-refractivity contribution in [3.63, 3.8) is 0 Å². The first-order valence-corrected chi connectivity index (χ1v) is 9.42. The third-order valence-corrected chi connectivity index (χ3v) is 6.12. The van der Waals surface area contributed by atoms with Crippen LogP contribution >= 0.6 is 0 Å². The molecule has 1 heterocycles. The quantitative estimate of drug-likeness (QED) is 0.871. The molecule has 24 heavy (non-hydrogen) atoms. The second-order valence-electron chi connectivity index (χ2n) is 6.19. The maximum atomic E-state index is 12.6. The highest BCUT2D eigenvalue weighted by molar-refractivity contribution is 7.89. The van der Waals surface area contributed by atoms with E-state index in [1.807, 2.05) is 34.7 Å². The van der Waals surface area contributed by atoms with Gasteiger partial charge in [-0.25, -0.2) is 13.1 Å². The van der Waals surface area contributed by atoms with Crippen molar-refractivity contribution >= 4 is 10.0 Å². The van der Waals surface area contributed by atoms with Crippen LogP contribution in [0.1, 0.15) is 28.1 Å². The number of rotatable bonds is 6. The molecule has 0 unspecified atom stereocenters. The number of aromatic nitrogens is 1. The van der Waals surface area contributed by atoms with Crippen molar-refractivity contribution in [3.05, 3.63) is 46.3 Å². The van der Waals surface area contributed by atoms with Crippen LogP contribution in [0.5, 0.6) is 5.75 Å². The number of hydrogen-bond donors (Lipinski definition) is 1. The third kappa shape index (κ3) is 3.65. The van der Waals surface area contributed by atoms with Crippen molar-refractivity contribution in [2.75, 3.05) is 13.7 Å². The Morgan fingerprint density at radius 2 is 1.71 bits per heavy atom. The molecule has 2 rings (SSSR count). The number of hydrogen-bond acceptors (Lipinski definition) is 3. The number of nitrogens with one attached hydrogen (secondary N) is 1. The molecule has 6 heteroatoms. The summed E-state index contributed by atoms with van der Waals surface area (Å²) in [7, 11) is -0.113. The van der Waals surface area contributed by atoms with Gasteiger partial charge < -0.3 is 9.30 Å². The van der Waals surface area contributed by atoms with Crippen LogP contribution in [-0.2, 0) is 23.5 Å². The highest BCUT2D eigenvalue weighted by Gasteiger charge is 2.20. The van der Waals surface area contributed by atoms with Crippen LogP contribution in [0.2, 0.25) is 0 Å². The van der Waals surface area contributed by atoms with E-state index in [9.17, 15) is 8.42 Å². The lowest BCUT2D eigenvalue weighted by Crippen LogP contribution is -2.26. The molecule has 1 aromatic carbocycles. The molecule has 1 aromatic heterocycles. The molecule has 0 aliphatic rings. The number of methoxy groups -OCH3 is 1. The first-order valence-electron chi connectivity index (χ1n) is 7.94. The van der Waals surface area contributed by atoms with Crippen LogP contribution in [-0.4, -0.2) is 26.6 Å². The van der Waals surface area contributed by atoms with E-state index < -0.39 is 10.0 Å². The summed E-state index contributed by atoms with van der Waals surface area (Å²) in [6, 6.07) is 5.52. The number of aryl methyl sites for hydroxylation is 3. The maximum absolute atomic E-state index is 12.6. The molecule has 0 saturated heterocycles. The van der Waals surface area contributed by atoms with E-state index in [2.05, 4.69) is 15.4 Å². The number of benzene rings is 1. The fraction of sp³-hybridized carbons (Fsp3) is 0.444. The summed E-state index contributed by atoms with van der Waals surface area (Å²) in [5.74, 6) is 0.373. The van der Waals surface area contributed by atoms with Gasteiger partial charge in [-0.3, -0.25) is 0 Å². The summed E-state index contributed by atoms with van der Waals surface area (Å²) < 4.78 is 35.3. The van der Waals surface area contributed by atoms with Crippen molar-refractivity contribution in [1.82, 2.24) is 9.29 Å². The standard InChI is InChI=1S/C18H26N2O3S/c1-12-9-17(23-6)18(10-13(12)2)24(21,22)19-8-7-16-11-14(3)20(5)15(16)4/h9-11,19H,7-8H2,1-6H3. The molecule has 0 saturated carbocycles. The van der Waals surface area contributed by atoms with Gasteiger partial charge in [-0.15, -0.1) is 0 Å². The number of nitrogens with zero attached hydrogens (tertiary/aromatic N) is 1. The molecular weight excluding hydrogens is 324 g/mol. The van der Waals surface area contributed by atoms with Gasteiger partial charge in [0.2, 0.25) is 10.0 Å². The van der Waals surface area contributed by atoms with E-state index in [4.69, 9.17) is 4.74 Å². The van der Waals surface area contributed by atoms with Crippen LogP contribution in [0.3, 0.4) is 0 Å². The second kappa shape index (κ2) is 6.99. The van der Waals surface area contributed by atoms with E-state index in [0.29, 0.717) is 18.7 Å². The van der Waals surface area contributed by atoms with E-state index >= 15 is 0 Å². The SMILES string of the molecule is COc1cc(C)c(C)cc1S(=O)(=O)NCCc1cc(C)n(C)c1C. The Hall–Kier alpha value is -1.79. The van der Waals surface area contributed by atoms with Gasteiger partial charge in [0.15, 0.2) is 0 Å². The van der Waals surface area contributed by atoms with Crippen LogP contribution < -0.4 is 9.46 Å². The maximum Gasteiger partial charge on any atom is 0.244 e. The Balaban J connectivity index is 2.17. The van der Waals surface area contributed by atoms with Gasteiger partial charge in [-0.1, -0.05) is 0 Å². The monoisotopic (exact) mass is 350 g/mol. The van der Waals surface area contributed by atoms with Crippen LogP contribution in [0.25, 0.3) is 0 Å². The molecule has 0 spiro atoms. The normalized spacial score (nSPS) is 11.8. The molecule has 1 N–H and O–H groups in total. The minimum absolute atomic E-state index is 0.189. The fourth-order valence-electron chi connectivity index (χ4n) is 2.72. The van der Waals surface area contributed by atoms with Crippen LogP contribution in [0.4, 0.5) is 0 Å². The highest BCUT2D eigenvalue weighted by atomic mass is 32.2. The average molecular weight is 350 g/mol. The molecule has 0 atom stereocenters. The summed E-state index contributed by atoms with van der Waals surface area (Å²) in [5, 5.41) is 0. The minimum atomic E-state index is -3.61. The number of ether oxygens (including phenoxy) is 1. The predicted molar refractivity (Wildman–Crippen MR) is 96.2 cm³/mol. The van der Waals surface area contributed by atoms with E-state index in [0.717, 1.165) is 22.4 Å².